The Morgan fingerprint density at radius 3 is 2.61 bits per heavy atom. The van der Waals surface area contributed by atoms with Crippen LogP contribution in [0.2, 0.25) is 0 Å². The molecule has 0 bridgehead atoms. The van der Waals surface area contributed by atoms with E-state index in [-0.39, 0.29) is 0 Å². The van der Waals surface area contributed by atoms with E-state index in [0.29, 0.717) is 0 Å². The van der Waals surface area contributed by atoms with E-state index < -0.39 is 12.0 Å². The number of aryl methyl sites for hydroxylation is 1. The van der Waals surface area contributed by atoms with Crippen molar-refractivity contribution < 1.29 is 14.5 Å². The first kappa shape index (κ1) is 14.7. The standard InChI is InChI=1S/C14H24N2O2/c1-5-7-8-9-13-15(6-2)11(3)10-16(13)12(4)14(17)18/h10,12H,5-9H2,1-4H3. The van der Waals surface area contributed by atoms with Crippen LogP contribution in [-0.4, -0.2) is 10.5 Å². The average Bonchev–Trinajstić information content (AvgIpc) is 2.65. The van der Waals surface area contributed by atoms with Crippen molar-refractivity contribution in [3.05, 3.63) is 17.7 Å². The molecule has 0 amide bonds. The molecular formula is C14H24N2O2. The summed E-state index contributed by atoms with van der Waals surface area (Å²) in [6, 6.07) is -0.604. The van der Waals surface area contributed by atoms with Gasteiger partial charge in [-0.3, -0.25) is 0 Å². The van der Waals surface area contributed by atoms with Crippen molar-refractivity contribution in [3.8, 4) is 0 Å². The number of aliphatic carboxylic acids is 1. The van der Waals surface area contributed by atoms with Gasteiger partial charge >= 0.3 is 0 Å². The topological polar surface area (TPSA) is 48.9 Å². The Kier molecular flexibility index (Phi) is 5.38. The largest absolute Gasteiger partial charge is 0.546 e. The first-order valence-electron chi connectivity index (χ1n) is 6.83. The van der Waals surface area contributed by atoms with Crippen LogP contribution in [-0.2, 0) is 17.8 Å². The fourth-order valence-electron chi connectivity index (χ4n) is 2.37. The summed E-state index contributed by atoms with van der Waals surface area (Å²) in [7, 11) is 0. The summed E-state index contributed by atoms with van der Waals surface area (Å²) < 4.78 is 4.04. The Morgan fingerprint density at radius 1 is 1.44 bits per heavy atom. The number of carboxylic acids is 1. The van der Waals surface area contributed by atoms with Crippen LogP contribution in [0.5, 0.6) is 0 Å². The maximum absolute atomic E-state index is 11.0. The lowest BCUT2D eigenvalue weighted by Crippen LogP contribution is -2.49. The van der Waals surface area contributed by atoms with Crippen LogP contribution in [0.3, 0.4) is 0 Å². The molecule has 102 valence electrons. The molecule has 0 saturated heterocycles. The smallest absolute Gasteiger partial charge is 0.257 e. The van der Waals surface area contributed by atoms with E-state index in [0.717, 1.165) is 30.9 Å². The summed E-state index contributed by atoms with van der Waals surface area (Å²) in [6.07, 6.45) is 6.29. The molecule has 1 unspecified atom stereocenters. The average molecular weight is 252 g/mol. The summed E-state index contributed by atoms with van der Waals surface area (Å²) >= 11 is 0. The van der Waals surface area contributed by atoms with Gasteiger partial charge in [-0.05, 0) is 20.3 Å². The van der Waals surface area contributed by atoms with Crippen molar-refractivity contribution >= 4 is 5.97 Å². The van der Waals surface area contributed by atoms with Gasteiger partial charge in [0.25, 0.3) is 5.82 Å². The fraction of sp³-hybridized carbons (Fsp3) is 0.714. The number of hydrogen-bond donors (Lipinski definition) is 0. The molecule has 18 heavy (non-hydrogen) atoms. The third-order valence-electron chi connectivity index (χ3n) is 3.44. The van der Waals surface area contributed by atoms with Crippen molar-refractivity contribution in [1.29, 1.82) is 0 Å². The molecule has 0 radical (unpaired) electrons. The molecule has 1 aromatic rings. The minimum absolute atomic E-state index is 0.604. The third kappa shape index (κ3) is 3.12. The number of rotatable bonds is 7. The van der Waals surface area contributed by atoms with Crippen LogP contribution in [0.15, 0.2) is 6.20 Å². The van der Waals surface area contributed by atoms with Crippen LogP contribution in [0, 0.1) is 6.92 Å². The number of unbranched alkanes of at least 4 members (excludes halogenated alkanes) is 2. The summed E-state index contributed by atoms with van der Waals surface area (Å²) in [6.45, 7) is 8.83. The molecule has 1 heterocycles. The Morgan fingerprint density at radius 2 is 2.11 bits per heavy atom. The van der Waals surface area contributed by atoms with Crippen molar-refractivity contribution in [3.63, 3.8) is 0 Å². The van der Waals surface area contributed by atoms with Gasteiger partial charge in [-0.1, -0.05) is 19.8 Å². The number of imidazole rings is 1. The number of aromatic nitrogens is 2. The number of hydrogen-bond acceptors (Lipinski definition) is 2. The van der Waals surface area contributed by atoms with Crippen LogP contribution in [0.4, 0.5) is 0 Å². The summed E-state index contributed by atoms with van der Waals surface area (Å²) in [4.78, 5) is 11.0. The van der Waals surface area contributed by atoms with E-state index in [1.165, 1.54) is 12.8 Å². The Hall–Kier alpha value is -1.32. The van der Waals surface area contributed by atoms with E-state index in [1.807, 2.05) is 17.7 Å². The quantitative estimate of drug-likeness (QED) is 0.540. The van der Waals surface area contributed by atoms with Crippen molar-refractivity contribution in [2.24, 2.45) is 0 Å². The highest BCUT2D eigenvalue weighted by Crippen LogP contribution is 2.10. The van der Waals surface area contributed by atoms with E-state index in [9.17, 15) is 9.90 Å². The number of carbonyl (C=O) groups is 1. The summed E-state index contributed by atoms with van der Waals surface area (Å²) in [5.74, 6) is 0.0742. The molecule has 0 aliphatic carbocycles. The summed E-state index contributed by atoms with van der Waals surface area (Å²) in [5.41, 5.74) is 1.11. The van der Waals surface area contributed by atoms with Gasteiger partial charge in [0.2, 0.25) is 0 Å². The molecule has 1 rings (SSSR count). The Bertz CT molecular complexity index is 410. The fourth-order valence-corrected chi connectivity index (χ4v) is 2.37. The number of carbonyl (C=O) groups excluding carboxylic acids is 1. The molecule has 4 nitrogen and oxygen atoms in total. The Balaban J connectivity index is 3.04. The van der Waals surface area contributed by atoms with Gasteiger partial charge in [0.15, 0.2) is 0 Å². The minimum atomic E-state index is -1.02. The zero-order valence-electron chi connectivity index (χ0n) is 11.9. The highest BCUT2D eigenvalue weighted by atomic mass is 16.4. The van der Waals surface area contributed by atoms with E-state index >= 15 is 0 Å². The highest BCUT2D eigenvalue weighted by molar-refractivity contribution is 5.66. The van der Waals surface area contributed by atoms with Gasteiger partial charge in [-0.25, -0.2) is 9.13 Å². The Labute approximate surface area is 109 Å². The first-order chi connectivity index (χ1) is 8.52. The second-order valence-electron chi connectivity index (χ2n) is 4.79. The minimum Gasteiger partial charge on any atom is -0.546 e. The molecular weight excluding hydrogens is 228 g/mol. The van der Waals surface area contributed by atoms with Crippen molar-refractivity contribution in [2.75, 3.05) is 0 Å². The molecule has 0 N–H and O–H groups in total. The lowest BCUT2D eigenvalue weighted by molar-refractivity contribution is -0.719. The molecule has 4 heteroatoms. The third-order valence-corrected chi connectivity index (χ3v) is 3.44. The van der Waals surface area contributed by atoms with Crippen LogP contribution >= 0.6 is 0 Å². The summed E-state index contributed by atoms with van der Waals surface area (Å²) in [5, 5.41) is 11.0. The predicted octanol–water partition coefficient (Wildman–Crippen LogP) is 1.15. The number of carboxylic acid groups (broad SMARTS) is 1. The van der Waals surface area contributed by atoms with Crippen molar-refractivity contribution in [2.45, 2.75) is 66.0 Å². The van der Waals surface area contributed by atoms with E-state index in [2.05, 4.69) is 18.4 Å². The second kappa shape index (κ2) is 6.57. The molecule has 1 aromatic heterocycles. The van der Waals surface area contributed by atoms with Crippen LogP contribution in [0.1, 0.15) is 57.6 Å². The molecule has 0 aliphatic heterocycles. The van der Waals surface area contributed by atoms with Crippen molar-refractivity contribution in [1.82, 2.24) is 4.57 Å². The van der Waals surface area contributed by atoms with Crippen LogP contribution in [0.25, 0.3) is 0 Å². The molecule has 0 aliphatic rings. The zero-order chi connectivity index (χ0) is 13.7. The molecule has 0 aromatic carbocycles. The lowest BCUT2D eigenvalue weighted by Gasteiger charge is -2.12. The maximum Gasteiger partial charge on any atom is 0.257 e. The normalized spacial score (nSPS) is 12.7. The second-order valence-corrected chi connectivity index (χ2v) is 4.79. The highest BCUT2D eigenvalue weighted by Gasteiger charge is 2.23. The SMILES string of the molecule is CCCCCc1n(CC)c(C)c[n+]1C(C)C(=O)[O-]. The van der Waals surface area contributed by atoms with Gasteiger partial charge < -0.3 is 9.90 Å². The van der Waals surface area contributed by atoms with Gasteiger partial charge in [0.1, 0.15) is 17.9 Å². The van der Waals surface area contributed by atoms with Gasteiger partial charge in [0, 0.05) is 13.3 Å². The first-order valence-corrected chi connectivity index (χ1v) is 6.83. The van der Waals surface area contributed by atoms with Gasteiger partial charge in [-0.2, -0.15) is 0 Å². The monoisotopic (exact) mass is 252 g/mol. The molecule has 0 spiro atoms. The van der Waals surface area contributed by atoms with Crippen LogP contribution < -0.4 is 9.67 Å². The van der Waals surface area contributed by atoms with Gasteiger partial charge in [-0.15, -0.1) is 0 Å². The molecule has 1 atom stereocenters. The van der Waals surface area contributed by atoms with E-state index in [4.69, 9.17) is 0 Å². The van der Waals surface area contributed by atoms with E-state index in [1.54, 1.807) is 6.92 Å². The lowest BCUT2D eigenvalue weighted by atomic mass is 10.2. The van der Waals surface area contributed by atoms with Gasteiger partial charge in [0.05, 0.1) is 12.5 Å². The predicted molar refractivity (Wildman–Crippen MR) is 68.0 cm³/mol. The maximum atomic E-state index is 11.0. The number of nitrogens with zero attached hydrogens (tertiary/aromatic N) is 2. The molecule has 0 fully saturated rings. The molecule has 0 saturated carbocycles. The zero-order valence-corrected chi connectivity index (χ0v) is 11.9.